The van der Waals surface area contributed by atoms with Crippen LogP contribution in [0.3, 0.4) is 0 Å². The molecule has 0 aliphatic rings. The highest BCUT2D eigenvalue weighted by atomic mass is 19.1. The molecular weight excluding hydrogens is 271 g/mol. The van der Waals surface area contributed by atoms with Crippen LogP contribution in [0.4, 0.5) is 10.1 Å². The molecule has 0 aliphatic heterocycles. The van der Waals surface area contributed by atoms with Crippen molar-refractivity contribution < 1.29 is 23.6 Å². The summed E-state index contributed by atoms with van der Waals surface area (Å²) >= 11 is 0. The Morgan fingerprint density at radius 3 is 2.80 bits per heavy atom. The van der Waals surface area contributed by atoms with Gasteiger partial charge in [-0.3, -0.25) is 14.9 Å². The number of nitro groups is 1. The van der Waals surface area contributed by atoms with E-state index in [4.69, 9.17) is 9.47 Å². The summed E-state index contributed by atoms with van der Waals surface area (Å²) in [4.78, 5) is 21.4. The largest absolute Gasteiger partial charge is 0.382 e. The van der Waals surface area contributed by atoms with E-state index < -0.39 is 22.3 Å². The molecule has 110 valence electrons. The minimum absolute atomic E-state index is 0.0231. The van der Waals surface area contributed by atoms with Crippen LogP contribution in [-0.4, -0.2) is 44.3 Å². The van der Waals surface area contributed by atoms with Crippen molar-refractivity contribution in [3.63, 3.8) is 0 Å². The fourth-order valence-corrected chi connectivity index (χ4v) is 1.38. The second-order valence-corrected chi connectivity index (χ2v) is 3.78. The summed E-state index contributed by atoms with van der Waals surface area (Å²) in [6, 6.07) is 2.97. The van der Waals surface area contributed by atoms with Gasteiger partial charge in [0.25, 0.3) is 5.91 Å². The Bertz CT molecular complexity index is 481. The second-order valence-electron chi connectivity index (χ2n) is 3.78. The lowest BCUT2D eigenvalue weighted by atomic mass is 10.2. The Morgan fingerprint density at radius 2 is 2.15 bits per heavy atom. The van der Waals surface area contributed by atoms with E-state index in [1.54, 1.807) is 7.11 Å². The van der Waals surface area contributed by atoms with Gasteiger partial charge in [0.15, 0.2) is 0 Å². The minimum Gasteiger partial charge on any atom is -0.382 e. The van der Waals surface area contributed by atoms with Crippen LogP contribution in [0.25, 0.3) is 0 Å². The van der Waals surface area contributed by atoms with Crippen LogP contribution in [0.15, 0.2) is 18.2 Å². The first-order chi connectivity index (χ1) is 9.56. The Hall–Kier alpha value is -2.06. The molecule has 0 bridgehead atoms. The van der Waals surface area contributed by atoms with Gasteiger partial charge in [-0.25, -0.2) is 0 Å². The third-order valence-corrected chi connectivity index (χ3v) is 2.37. The number of ether oxygens (including phenoxy) is 2. The average Bonchev–Trinajstić information content (AvgIpc) is 2.42. The van der Waals surface area contributed by atoms with Crippen molar-refractivity contribution in [2.75, 3.05) is 33.5 Å². The first-order valence-electron chi connectivity index (χ1n) is 5.85. The maximum absolute atomic E-state index is 13.1. The molecule has 1 aromatic rings. The molecule has 0 saturated heterocycles. The van der Waals surface area contributed by atoms with Crippen LogP contribution < -0.4 is 5.32 Å². The highest BCUT2D eigenvalue weighted by Gasteiger charge is 2.17. The maximum atomic E-state index is 13.1. The first-order valence-corrected chi connectivity index (χ1v) is 5.85. The summed E-state index contributed by atoms with van der Waals surface area (Å²) in [6.07, 6.45) is 0. The van der Waals surface area contributed by atoms with E-state index in [1.807, 2.05) is 0 Å². The Balaban J connectivity index is 2.47. The first kappa shape index (κ1) is 16.0. The zero-order valence-electron chi connectivity index (χ0n) is 10.9. The summed E-state index contributed by atoms with van der Waals surface area (Å²) in [6.45, 7) is 1.40. The molecule has 0 aliphatic carbocycles. The number of methoxy groups -OCH3 is 1. The van der Waals surface area contributed by atoms with Crippen LogP contribution >= 0.6 is 0 Å². The molecule has 0 aromatic heterocycles. The zero-order chi connectivity index (χ0) is 15.0. The quantitative estimate of drug-likeness (QED) is 0.439. The molecule has 0 spiro atoms. The van der Waals surface area contributed by atoms with E-state index in [2.05, 4.69) is 5.32 Å². The molecule has 1 N–H and O–H groups in total. The number of carbonyl (C=O) groups excluding carboxylic acids is 1. The molecule has 1 rings (SSSR count). The van der Waals surface area contributed by atoms with Crippen molar-refractivity contribution >= 4 is 11.6 Å². The molecule has 0 heterocycles. The topological polar surface area (TPSA) is 90.7 Å². The SMILES string of the molecule is COCCOCCNC(=O)c1ccc(F)c([N+](=O)[O-])c1. The smallest absolute Gasteiger partial charge is 0.305 e. The summed E-state index contributed by atoms with van der Waals surface area (Å²) in [5, 5.41) is 13.1. The number of nitrogens with one attached hydrogen (secondary N) is 1. The van der Waals surface area contributed by atoms with Gasteiger partial charge in [-0.05, 0) is 12.1 Å². The van der Waals surface area contributed by atoms with Crippen LogP contribution in [0.1, 0.15) is 10.4 Å². The second kappa shape index (κ2) is 8.18. The summed E-state index contributed by atoms with van der Waals surface area (Å²) in [5.41, 5.74) is -0.705. The van der Waals surface area contributed by atoms with Crippen molar-refractivity contribution in [2.24, 2.45) is 0 Å². The predicted molar refractivity (Wildman–Crippen MR) is 68.1 cm³/mol. The van der Waals surface area contributed by atoms with E-state index in [0.29, 0.717) is 19.8 Å². The van der Waals surface area contributed by atoms with Gasteiger partial charge in [0, 0.05) is 25.3 Å². The van der Waals surface area contributed by atoms with Gasteiger partial charge < -0.3 is 14.8 Å². The fourth-order valence-electron chi connectivity index (χ4n) is 1.38. The van der Waals surface area contributed by atoms with E-state index in [9.17, 15) is 19.3 Å². The van der Waals surface area contributed by atoms with Crippen LogP contribution in [-0.2, 0) is 9.47 Å². The number of nitro benzene ring substituents is 1. The van der Waals surface area contributed by atoms with E-state index >= 15 is 0 Å². The summed E-state index contributed by atoms with van der Waals surface area (Å²) < 4.78 is 23.0. The molecule has 0 atom stereocenters. The van der Waals surface area contributed by atoms with Crippen molar-refractivity contribution in [3.8, 4) is 0 Å². The third kappa shape index (κ3) is 4.90. The van der Waals surface area contributed by atoms with E-state index in [-0.39, 0.29) is 12.1 Å². The lowest BCUT2D eigenvalue weighted by molar-refractivity contribution is -0.387. The van der Waals surface area contributed by atoms with Gasteiger partial charge in [0.05, 0.1) is 24.7 Å². The molecule has 1 amide bonds. The molecule has 1 aromatic carbocycles. The van der Waals surface area contributed by atoms with E-state index in [0.717, 1.165) is 12.1 Å². The fraction of sp³-hybridized carbons (Fsp3) is 0.417. The molecule has 0 fully saturated rings. The lowest BCUT2D eigenvalue weighted by Crippen LogP contribution is -2.27. The van der Waals surface area contributed by atoms with Gasteiger partial charge in [0.2, 0.25) is 5.82 Å². The number of amides is 1. The lowest BCUT2D eigenvalue weighted by Gasteiger charge is -2.06. The predicted octanol–water partition coefficient (Wildman–Crippen LogP) is 1.13. The Kier molecular flexibility index (Phi) is 6.54. The highest BCUT2D eigenvalue weighted by Crippen LogP contribution is 2.18. The van der Waals surface area contributed by atoms with Gasteiger partial charge in [-0.2, -0.15) is 4.39 Å². The minimum atomic E-state index is -0.977. The van der Waals surface area contributed by atoms with Gasteiger partial charge in [-0.15, -0.1) is 0 Å². The van der Waals surface area contributed by atoms with Gasteiger partial charge >= 0.3 is 5.69 Å². The Morgan fingerprint density at radius 1 is 1.40 bits per heavy atom. The van der Waals surface area contributed by atoms with Gasteiger partial charge in [0.1, 0.15) is 0 Å². The number of hydrogen-bond acceptors (Lipinski definition) is 5. The van der Waals surface area contributed by atoms with Crippen molar-refractivity contribution in [3.05, 3.63) is 39.7 Å². The van der Waals surface area contributed by atoms with Gasteiger partial charge in [-0.1, -0.05) is 0 Å². The van der Waals surface area contributed by atoms with Crippen LogP contribution in [0.2, 0.25) is 0 Å². The number of hydrogen-bond donors (Lipinski definition) is 1. The zero-order valence-corrected chi connectivity index (χ0v) is 10.9. The van der Waals surface area contributed by atoms with Crippen molar-refractivity contribution in [1.29, 1.82) is 0 Å². The van der Waals surface area contributed by atoms with Crippen LogP contribution in [0.5, 0.6) is 0 Å². The summed E-state index contributed by atoms with van der Waals surface area (Å²) in [5.74, 6) is -1.50. The number of rotatable bonds is 8. The molecular formula is C12H15FN2O5. The summed E-state index contributed by atoms with van der Waals surface area (Å²) in [7, 11) is 1.55. The number of benzene rings is 1. The molecule has 0 unspecified atom stereocenters. The van der Waals surface area contributed by atoms with Crippen molar-refractivity contribution in [1.82, 2.24) is 5.32 Å². The molecule has 0 saturated carbocycles. The highest BCUT2D eigenvalue weighted by molar-refractivity contribution is 5.94. The standard InChI is InChI=1S/C12H15FN2O5/c1-19-6-7-20-5-4-14-12(16)9-2-3-10(13)11(8-9)15(17)18/h2-3,8H,4-7H2,1H3,(H,14,16). The molecule has 20 heavy (non-hydrogen) atoms. The molecule has 8 heteroatoms. The maximum Gasteiger partial charge on any atom is 0.305 e. The molecule has 7 nitrogen and oxygen atoms in total. The molecule has 0 radical (unpaired) electrons. The Labute approximate surface area is 114 Å². The van der Waals surface area contributed by atoms with Crippen molar-refractivity contribution in [2.45, 2.75) is 0 Å². The number of carbonyl (C=O) groups is 1. The number of nitrogens with zero attached hydrogens (tertiary/aromatic N) is 1. The van der Waals surface area contributed by atoms with E-state index in [1.165, 1.54) is 6.07 Å². The van der Waals surface area contributed by atoms with Crippen LogP contribution in [0, 0.1) is 15.9 Å². The number of halogens is 1. The third-order valence-electron chi connectivity index (χ3n) is 2.37. The average molecular weight is 286 g/mol. The normalized spacial score (nSPS) is 10.3. The monoisotopic (exact) mass is 286 g/mol.